The first-order chi connectivity index (χ1) is 15.8. The second kappa shape index (κ2) is 10.0. The monoisotopic (exact) mass is 500 g/mol. The number of carboxylic acid groups (broad SMARTS) is 1. The molecule has 0 bridgehead atoms. The molecule has 1 amide bonds. The van der Waals surface area contributed by atoms with Crippen LogP contribution in [-0.4, -0.2) is 67.1 Å². The molecule has 34 heavy (non-hydrogen) atoms. The minimum absolute atomic E-state index is 0.00434. The van der Waals surface area contributed by atoms with Crippen LogP contribution in [0.4, 0.5) is 13.2 Å². The van der Waals surface area contributed by atoms with E-state index in [2.05, 4.69) is 4.74 Å². The molecule has 0 atom stereocenters. The van der Waals surface area contributed by atoms with Gasteiger partial charge in [-0.1, -0.05) is 18.2 Å². The fraction of sp³-hybridized carbons (Fsp3) is 0.364. The SMILES string of the molecule is Cc1cc(CC(=O)O)cc(S(=O)(=O)N2CCN(C(=O)Cc3ccc(OC(F)(F)F)cc3)CC2)c1. The number of piperazine rings is 1. The third-order valence-electron chi connectivity index (χ3n) is 5.21. The second-order valence-electron chi connectivity index (χ2n) is 7.88. The molecule has 1 heterocycles. The van der Waals surface area contributed by atoms with Crippen LogP contribution >= 0.6 is 0 Å². The number of hydrogen-bond donors (Lipinski definition) is 1. The number of aryl methyl sites for hydroxylation is 1. The van der Waals surface area contributed by atoms with Gasteiger partial charge in [-0.25, -0.2) is 8.42 Å². The molecule has 1 saturated heterocycles. The molecule has 2 aromatic carbocycles. The third kappa shape index (κ3) is 6.70. The van der Waals surface area contributed by atoms with Gasteiger partial charge in [-0.3, -0.25) is 9.59 Å². The molecule has 1 fully saturated rings. The van der Waals surface area contributed by atoms with E-state index in [-0.39, 0.29) is 55.6 Å². The summed E-state index contributed by atoms with van der Waals surface area (Å²) in [6.07, 6.45) is -5.14. The van der Waals surface area contributed by atoms with E-state index < -0.39 is 22.4 Å². The summed E-state index contributed by atoms with van der Waals surface area (Å²) >= 11 is 0. The van der Waals surface area contributed by atoms with E-state index in [4.69, 9.17) is 5.11 Å². The smallest absolute Gasteiger partial charge is 0.481 e. The van der Waals surface area contributed by atoms with E-state index in [1.54, 1.807) is 13.0 Å². The summed E-state index contributed by atoms with van der Waals surface area (Å²) < 4.78 is 67.9. The zero-order valence-electron chi connectivity index (χ0n) is 18.2. The number of rotatable bonds is 7. The Labute approximate surface area is 194 Å². The quantitative estimate of drug-likeness (QED) is 0.627. The van der Waals surface area contributed by atoms with Crippen molar-refractivity contribution >= 4 is 21.9 Å². The van der Waals surface area contributed by atoms with E-state index >= 15 is 0 Å². The third-order valence-corrected chi connectivity index (χ3v) is 7.08. The number of carbonyl (C=O) groups excluding carboxylic acids is 1. The average Bonchev–Trinajstić information content (AvgIpc) is 2.73. The van der Waals surface area contributed by atoms with E-state index in [9.17, 15) is 31.2 Å². The van der Waals surface area contributed by atoms with Crippen LogP contribution in [0, 0.1) is 6.92 Å². The van der Waals surface area contributed by atoms with Gasteiger partial charge in [0.1, 0.15) is 5.75 Å². The van der Waals surface area contributed by atoms with Gasteiger partial charge < -0.3 is 14.7 Å². The molecule has 0 aromatic heterocycles. The first-order valence-electron chi connectivity index (χ1n) is 10.3. The number of nitrogens with zero attached hydrogens (tertiary/aromatic N) is 2. The summed E-state index contributed by atoms with van der Waals surface area (Å²) in [6.45, 7) is 2.12. The normalized spacial score (nSPS) is 15.2. The first kappa shape index (κ1) is 25.5. The highest BCUT2D eigenvalue weighted by Crippen LogP contribution is 2.24. The molecule has 0 spiro atoms. The molecule has 1 aliphatic heterocycles. The Kier molecular flexibility index (Phi) is 7.51. The van der Waals surface area contributed by atoms with Gasteiger partial charge in [-0.2, -0.15) is 4.31 Å². The zero-order chi connectivity index (χ0) is 25.1. The van der Waals surface area contributed by atoms with Crippen LogP contribution in [0.1, 0.15) is 16.7 Å². The lowest BCUT2D eigenvalue weighted by Crippen LogP contribution is -2.50. The molecule has 2 aromatic rings. The molecular weight excluding hydrogens is 477 g/mol. The summed E-state index contributed by atoms with van der Waals surface area (Å²) in [6, 6.07) is 9.43. The standard InChI is InChI=1S/C22H23F3N2O6S/c1-15-10-17(14-21(29)30)12-19(11-15)34(31,32)27-8-6-26(7-9-27)20(28)13-16-2-4-18(5-3-16)33-22(23,24)25/h2-5,10-12H,6-9,13-14H2,1H3,(H,29,30). The molecule has 0 unspecified atom stereocenters. The zero-order valence-corrected chi connectivity index (χ0v) is 19.0. The number of amides is 1. The van der Waals surface area contributed by atoms with Gasteiger partial charge in [0.25, 0.3) is 0 Å². The van der Waals surface area contributed by atoms with Gasteiger partial charge in [0, 0.05) is 26.2 Å². The van der Waals surface area contributed by atoms with Gasteiger partial charge in [0.2, 0.25) is 15.9 Å². The van der Waals surface area contributed by atoms with Crippen LogP contribution in [-0.2, 0) is 32.5 Å². The van der Waals surface area contributed by atoms with Crippen molar-refractivity contribution in [3.05, 3.63) is 59.2 Å². The van der Waals surface area contributed by atoms with Crippen molar-refractivity contribution in [2.24, 2.45) is 0 Å². The number of benzene rings is 2. The predicted octanol–water partition coefficient (Wildman–Crippen LogP) is 2.60. The fourth-order valence-electron chi connectivity index (χ4n) is 3.67. The Hall–Kier alpha value is -3.12. The number of hydrogen-bond acceptors (Lipinski definition) is 5. The lowest BCUT2D eigenvalue weighted by Gasteiger charge is -2.34. The number of carbonyl (C=O) groups is 2. The Morgan fingerprint density at radius 2 is 1.59 bits per heavy atom. The number of sulfonamides is 1. The molecular formula is C22H23F3N2O6S. The molecule has 3 rings (SSSR count). The number of carboxylic acids is 1. The van der Waals surface area contributed by atoms with Gasteiger partial charge in [0.15, 0.2) is 0 Å². The number of alkyl halides is 3. The molecule has 0 radical (unpaired) electrons. The molecule has 0 saturated carbocycles. The van der Waals surface area contributed by atoms with Crippen LogP contribution in [0.2, 0.25) is 0 Å². The van der Waals surface area contributed by atoms with Crippen molar-refractivity contribution < 1.29 is 41.0 Å². The van der Waals surface area contributed by atoms with Crippen LogP contribution in [0.25, 0.3) is 0 Å². The van der Waals surface area contributed by atoms with Gasteiger partial charge in [-0.15, -0.1) is 13.2 Å². The van der Waals surface area contributed by atoms with E-state index in [0.717, 1.165) is 12.1 Å². The van der Waals surface area contributed by atoms with Crippen molar-refractivity contribution in [2.45, 2.75) is 31.0 Å². The lowest BCUT2D eigenvalue weighted by atomic mass is 10.1. The van der Waals surface area contributed by atoms with Crippen LogP contribution < -0.4 is 4.74 Å². The summed E-state index contributed by atoms with van der Waals surface area (Å²) in [7, 11) is -3.87. The van der Waals surface area contributed by atoms with E-state index in [1.165, 1.54) is 33.5 Å². The van der Waals surface area contributed by atoms with Crippen LogP contribution in [0.5, 0.6) is 5.75 Å². The lowest BCUT2D eigenvalue weighted by molar-refractivity contribution is -0.274. The highest BCUT2D eigenvalue weighted by Gasteiger charge is 2.32. The molecule has 1 aliphatic rings. The predicted molar refractivity (Wildman–Crippen MR) is 115 cm³/mol. The van der Waals surface area contributed by atoms with Gasteiger partial charge in [-0.05, 0) is 47.9 Å². The van der Waals surface area contributed by atoms with Crippen molar-refractivity contribution in [1.29, 1.82) is 0 Å². The topological polar surface area (TPSA) is 104 Å². The maximum absolute atomic E-state index is 13.1. The maximum Gasteiger partial charge on any atom is 0.573 e. The Balaban J connectivity index is 1.61. The Bertz CT molecular complexity index is 1160. The molecule has 184 valence electrons. The van der Waals surface area contributed by atoms with E-state index in [1.807, 2.05) is 0 Å². The van der Waals surface area contributed by atoms with Crippen molar-refractivity contribution in [1.82, 2.24) is 9.21 Å². The summed E-state index contributed by atoms with van der Waals surface area (Å²) in [5.74, 6) is -1.73. The van der Waals surface area contributed by atoms with Gasteiger partial charge in [0.05, 0.1) is 17.7 Å². The van der Waals surface area contributed by atoms with E-state index in [0.29, 0.717) is 16.7 Å². The molecule has 8 nitrogen and oxygen atoms in total. The maximum atomic E-state index is 13.1. The fourth-order valence-corrected chi connectivity index (χ4v) is 5.25. The summed E-state index contributed by atoms with van der Waals surface area (Å²) in [4.78, 5) is 25.1. The van der Waals surface area contributed by atoms with Crippen molar-refractivity contribution in [3.8, 4) is 5.75 Å². The Morgan fingerprint density at radius 1 is 0.971 bits per heavy atom. The first-order valence-corrected chi connectivity index (χ1v) is 11.7. The molecule has 1 N–H and O–H groups in total. The van der Waals surface area contributed by atoms with Crippen molar-refractivity contribution in [2.75, 3.05) is 26.2 Å². The highest BCUT2D eigenvalue weighted by molar-refractivity contribution is 7.89. The van der Waals surface area contributed by atoms with Crippen molar-refractivity contribution in [3.63, 3.8) is 0 Å². The van der Waals surface area contributed by atoms with Crippen LogP contribution in [0.3, 0.4) is 0 Å². The summed E-state index contributed by atoms with van der Waals surface area (Å²) in [5.41, 5.74) is 1.50. The summed E-state index contributed by atoms with van der Waals surface area (Å²) in [5, 5.41) is 9.00. The number of ether oxygens (including phenoxy) is 1. The minimum Gasteiger partial charge on any atom is -0.481 e. The number of aliphatic carboxylic acids is 1. The average molecular weight is 500 g/mol. The number of halogens is 3. The molecule has 12 heteroatoms. The van der Waals surface area contributed by atoms with Gasteiger partial charge >= 0.3 is 12.3 Å². The highest BCUT2D eigenvalue weighted by atomic mass is 32.2. The van der Waals surface area contributed by atoms with Crippen LogP contribution in [0.15, 0.2) is 47.4 Å². The largest absolute Gasteiger partial charge is 0.573 e. The Morgan fingerprint density at radius 3 is 2.15 bits per heavy atom. The minimum atomic E-state index is -4.80. The second-order valence-corrected chi connectivity index (χ2v) is 9.82. The molecule has 0 aliphatic carbocycles.